The third kappa shape index (κ3) is 2.30. The van der Waals surface area contributed by atoms with Crippen LogP contribution in [-0.2, 0) is 4.74 Å². The predicted molar refractivity (Wildman–Crippen MR) is 83.1 cm³/mol. The Morgan fingerprint density at radius 3 is 2.67 bits per heavy atom. The summed E-state index contributed by atoms with van der Waals surface area (Å²) >= 11 is 0. The number of para-hydroxylation sites is 1. The van der Waals surface area contributed by atoms with Gasteiger partial charge in [0.05, 0.1) is 12.2 Å². The number of benzene rings is 1. The van der Waals surface area contributed by atoms with Gasteiger partial charge < -0.3 is 9.84 Å². The summed E-state index contributed by atoms with van der Waals surface area (Å²) < 4.78 is 6.53. The van der Waals surface area contributed by atoms with Crippen LogP contribution >= 0.6 is 0 Å². The normalized spacial score (nSPS) is 35.5. The summed E-state index contributed by atoms with van der Waals surface area (Å²) in [5.41, 5.74) is 2.63. The number of phenolic OH excluding ortho intramolecular Hbond substituents is 1. The Hall–Kier alpha value is -1.28. The first-order valence-corrected chi connectivity index (χ1v) is 8.48. The SMILES string of the molecule is Oc1ccccc1[C@H]1O[C@H]2CCCC[C@H]2C2=CCCC[C@@H]21. The van der Waals surface area contributed by atoms with E-state index in [1.807, 2.05) is 18.2 Å². The Morgan fingerprint density at radius 2 is 1.76 bits per heavy atom. The maximum Gasteiger partial charge on any atom is 0.121 e. The van der Waals surface area contributed by atoms with Crippen LogP contribution in [0.3, 0.4) is 0 Å². The largest absolute Gasteiger partial charge is 0.508 e. The second-order valence-corrected chi connectivity index (χ2v) is 6.79. The van der Waals surface area contributed by atoms with Crippen molar-refractivity contribution in [3.63, 3.8) is 0 Å². The Bertz CT molecular complexity index is 548. The van der Waals surface area contributed by atoms with Gasteiger partial charge in [0.25, 0.3) is 0 Å². The van der Waals surface area contributed by atoms with E-state index >= 15 is 0 Å². The van der Waals surface area contributed by atoms with Crippen molar-refractivity contribution in [1.29, 1.82) is 0 Å². The van der Waals surface area contributed by atoms with Crippen LogP contribution in [0.5, 0.6) is 5.75 Å². The third-order valence-electron chi connectivity index (χ3n) is 5.59. The fourth-order valence-electron chi connectivity index (χ4n) is 4.62. The highest BCUT2D eigenvalue weighted by atomic mass is 16.5. The van der Waals surface area contributed by atoms with Crippen LogP contribution in [0.2, 0.25) is 0 Å². The lowest BCUT2D eigenvalue weighted by Gasteiger charge is -2.47. The molecule has 1 saturated heterocycles. The van der Waals surface area contributed by atoms with Gasteiger partial charge in [-0.3, -0.25) is 0 Å². The molecule has 0 unspecified atom stereocenters. The summed E-state index contributed by atoms with van der Waals surface area (Å²) in [6, 6.07) is 7.73. The average Bonchev–Trinajstić information content (AvgIpc) is 2.55. The maximum atomic E-state index is 10.2. The van der Waals surface area contributed by atoms with E-state index in [1.165, 1.54) is 44.9 Å². The molecule has 2 nitrogen and oxygen atoms in total. The van der Waals surface area contributed by atoms with Crippen molar-refractivity contribution in [3.8, 4) is 5.75 Å². The average molecular weight is 284 g/mol. The molecule has 1 saturated carbocycles. The first kappa shape index (κ1) is 13.4. The van der Waals surface area contributed by atoms with Crippen LogP contribution in [0.4, 0.5) is 0 Å². The van der Waals surface area contributed by atoms with E-state index in [0.29, 0.717) is 23.7 Å². The Kier molecular flexibility index (Phi) is 3.50. The highest BCUT2D eigenvalue weighted by Gasteiger charge is 2.44. The molecule has 0 aromatic heterocycles. The Morgan fingerprint density at radius 1 is 0.952 bits per heavy atom. The lowest BCUT2D eigenvalue weighted by atomic mass is 9.68. The fourth-order valence-corrected chi connectivity index (χ4v) is 4.62. The van der Waals surface area contributed by atoms with E-state index in [2.05, 4.69) is 6.08 Å². The predicted octanol–water partition coefficient (Wildman–Crippen LogP) is 4.75. The zero-order valence-electron chi connectivity index (χ0n) is 12.5. The molecule has 4 rings (SSSR count). The summed E-state index contributed by atoms with van der Waals surface area (Å²) in [6.07, 6.45) is 11.7. The second kappa shape index (κ2) is 5.49. The Balaban J connectivity index is 1.72. The summed E-state index contributed by atoms with van der Waals surface area (Å²) in [4.78, 5) is 0. The molecule has 112 valence electrons. The molecule has 1 aliphatic heterocycles. The standard InChI is InChI=1S/C19H24O2/c20-17-11-5-3-10-16(17)19-15-9-2-1-7-13(15)14-8-4-6-12-18(14)21-19/h3,5,7,10-11,14-15,18-20H,1-2,4,6,8-9,12H2/t14-,15-,18-,19-/m0/s1. The van der Waals surface area contributed by atoms with Gasteiger partial charge in [0.15, 0.2) is 0 Å². The fraction of sp³-hybridized carbons (Fsp3) is 0.579. The van der Waals surface area contributed by atoms with Crippen molar-refractivity contribution >= 4 is 0 Å². The zero-order valence-corrected chi connectivity index (χ0v) is 12.5. The molecule has 1 aromatic carbocycles. The van der Waals surface area contributed by atoms with Gasteiger partial charge in [-0.2, -0.15) is 0 Å². The summed E-state index contributed by atoms with van der Waals surface area (Å²) in [6.45, 7) is 0. The molecule has 21 heavy (non-hydrogen) atoms. The van der Waals surface area contributed by atoms with Crippen molar-refractivity contribution in [2.75, 3.05) is 0 Å². The van der Waals surface area contributed by atoms with E-state index in [9.17, 15) is 5.11 Å². The topological polar surface area (TPSA) is 29.5 Å². The minimum Gasteiger partial charge on any atom is -0.508 e. The van der Waals surface area contributed by atoms with Crippen molar-refractivity contribution in [2.24, 2.45) is 11.8 Å². The highest BCUT2D eigenvalue weighted by molar-refractivity contribution is 5.37. The van der Waals surface area contributed by atoms with Crippen molar-refractivity contribution in [3.05, 3.63) is 41.5 Å². The number of phenols is 1. The molecular formula is C19H24O2. The monoisotopic (exact) mass is 284 g/mol. The van der Waals surface area contributed by atoms with Crippen LogP contribution in [0.15, 0.2) is 35.9 Å². The molecule has 2 heteroatoms. The molecule has 1 N–H and O–H groups in total. The molecule has 0 spiro atoms. The van der Waals surface area contributed by atoms with Gasteiger partial charge in [0.2, 0.25) is 0 Å². The minimum atomic E-state index is 0.0529. The molecule has 1 heterocycles. The lowest BCUT2D eigenvalue weighted by Crippen LogP contribution is -2.41. The molecule has 4 atom stereocenters. The number of aromatic hydroxyl groups is 1. The zero-order chi connectivity index (χ0) is 14.2. The summed E-state index contributed by atoms with van der Waals surface area (Å²) in [7, 11) is 0. The molecule has 1 aromatic rings. The minimum absolute atomic E-state index is 0.0529. The van der Waals surface area contributed by atoms with Gasteiger partial charge in [-0.25, -0.2) is 0 Å². The van der Waals surface area contributed by atoms with E-state index in [-0.39, 0.29) is 6.10 Å². The van der Waals surface area contributed by atoms with Crippen molar-refractivity contribution < 1.29 is 9.84 Å². The number of hydrogen-bond acceptors (Lipinski definition) is 2. The van der Waals surface area contributed by atoms with Crippen LogP contribution in [-0.4, -0.2) is 11.2 Å². The van der Waals surface area contributed by atoms with E-state index in [0.717, 1.165) is 5.56 Å². The maximum absolute atomic E-state index is 10.2. The lowest BCUT2D eigenvalue weighted by molar-refractivity contribution is -0.107. The van der Waals surface area contributed by atoms with E-state index in [4.69, 9.17) is 4.74 Å². The van der Waals surface area contributed by atoms with Gasteiger partial charge in [-0.15, -0.1) is 0 Å². The highest BCUT2D eigenvalue weighted by Crippen LogP contribution is 2.52. The first-order valence-electron chi connectivity index (χ1n) is 8.48. The Labute approximate surface area is 126 Å². The number of ether oxygens (including phenoxy) is 1. The summed E-state index contributed by atoms with van der Waals surface area (Å²) in [5, 5.41) is 10.2. The first-order chi connectivity index (χ1) is 10.3. The van der Waals surface area contributed by atoms with Crippen LogP contribution < -0.4 is 0 Å². The number of allylic oxidation sites excluding steroid dienone is 1. The summed E-state index contributed by atoms with van der Waals surface area (Å²) in [5.74, 6) is 1.51. The molecule has 2 aliphatic carbocycles. The van der Waals surface area contributed by atoms with Crippen LogP contribution in [0.25, 0.3) is 0 Å². The molecule has 0 amide bonds. The van der Waals surface area contributed by atoms with Gasteiger partial charge >= 0.3 is 0 Å². The smallest absolute Gasteiger partial charge is 0.121 e. The second-order valence-electron chi connectivity index (χ2n) is 6.79. The van der Waals surface area contributed by atoms with Crippen molar-refractivity contribution in [2.45, 2.75) is 57.2 Å². The number of fused-ring (bicyclic) bond motifs is 3. The van der Waals surface area contributed by atoms with Crippen LogP contribution in [0, 0.1) is 11.8 Å². The van der Waals surface area contributed by atoms with Crippen molar-refractivity contribution in [1.82, 2.24) is 0 Å². The van der Waals surface area contributed by atoms with E-state index < -0.39 is 0 Å². The van der Waals surface area contributed by atoms with E-state index in [1.54, 1.807) is 11.6 Å². The quantitative estimate of drug-likeness (QED) is 0.754. The molecule has 3 aliphatic rings. The molecular weight excluding hydrogens is 260 g/mol. The van der Waals surface area contributed by atoms with Crippen LogP contribution in [0.1, 0.15) is 56.6 Å². The molecule has 0 bridgehead atoms. The van der Waals surface area contributed by atoms with Gasteiger partial charge in [-0.05, 0) is 38.2 Å². The third-order valence-corrected chi connectivity index (χ3v) is 5.59. The number of hydrogen-bond donors (Lipinski definition) is 1. The molecule has 0 radical (unpaired) electrons. The molecule has 2 fully saturated rings. The van der Waals surface area contributed by atoms with Gasteiger partial charge in [0.1, 0.15) is 5.75 Å². The van der Waals surface area contributed by atoms with Gasteiger partial charge in [0, 0.05) is 17.4 Å². The van der Waals surface area contributed by atoms with Gasteiger partial charge in [-0.1, -0.05) is 42.7 Å². The number of rotatable bonds is 1.